The van der Waals surface area contributed by atoms with E-state index in [2.05, 4.69) is 10.6 Å². The number of benzene rings is 1. The van der Waals surface area contributed by atoms with Crippen LogP contribution in [0.3, 0.4) is 0 Å². The fourth-order valence-corrected chi connectivity index (χ4v) is 6.50. The van der Waals surface area contributed by atoms with Gasteiger partial charge in [0, 0.05) is 22.3 Å². The van der Waals surface area contributed by atoms with Gasteiger partial charge in [0.1, 0.15) is 11.6 Å². The van der Waals surface area contributed by atoms with Crippen LogP contribution in [0.15, 0.2) is 30.4 Å². The van der Waals surface area contributed by atoms with Crippen molar-refractivity contribution in [1.82, 2.24) is 10.2 Å². The van der Waals surface area contributed by atoms with Crippen LogP contribution in [-0.4, -0.2) is 51.9 Å². The van der Waals surface area contributed by atoms with Gasteiger partial charge in [-0.1, -0.05) is 49.1 Å². The fourth-order valence-electron chi connectivity index (χ4n) is 6.31. The van der Waals surface area contributed by atoms with E-state index in [-0.39, 0.29) is 23.8 Å². The van der Waals surface area contributed by atoms with Crippen LogP contribution in [0.1, 0.15) is 58.4 Å². The highest BCUT2D eigenvalue weighted by Crippen LogP contribution is 2.56. The summed E-state index contributed by atoms with van der Waals surface area (Å²) in [6, 6.07) is 4.61. The third-order valence-corrected chi connectivity index (χ3v) is 8.35. The zero-order valence-corrected chi connectivity index (χ0v) is 21.5. The van der Waals surface area contributed by atoms with Crippen molar-refractivity contribution in [3.8, 4) is 0 Å². The highest BCUT2D eigenvalue weighted by molar-refractivity contribution is 6.31. The van der Waals surface area contributed by atoms with Crippen molar-refractivity contribution in [1.29, 1.82) is 0 Å². The SMILES string of the molecule is Cc1ccc(NC(=O)[C@H]2[C@H]3C=C[C@@]4(O3)[C@H]2C(=O)N(C(C)(C)C)[C@@H]4C(=O)NC2CCCCC2)cc1Cl. The third-order valence-electron chi connectivity index (χ3n) is 7.94. The normalized spacial score (nSPS) is 32.1. The zero-order valence-electron chi connectivity index (χ0n) is 20.8. The summed E-state index contributed by atoms with van der Waals surface area (Å²) in [6.45, 7) is 7.65. The Morgan fingerprint density at radius 2 is 1.86 bits per heavy atom. The Morgan fingerprint density at radius 3 is 2.51 bits per heavy atom. The van der Waals surface area contributed by atoms with Gasteiger partial charge >= 0.3 is 0 Å². The number of amides is 3. The van der Waals surface area contributed by atoms with Crippen LogP contribution in [-0.2, 0) is 19.1 Å². The number of carbonyl (C=O) groups is 3. The number of nitrogens with one attached hydrogen (secondary N) is 2. The quantitative estimate of drug-likeness (QED) is 0.613. The van der Waals surface area contributed by atoms with Gasteiger partial charge in [0.2, 0.25) is 17.7 Å². The van der Waals surface area contributed by atoms with Crippen molar-refractivity contribution in [2.45, 2.75) is 89.1 Å². The van der Waals surface area contributed by atoms with Gasteiger partial charge in [-0.25, -0.2) is 0 Å². The largest absolute Gasteiger partial charge is 0.359 e. The molecule has 3 heterocycles. The number of anilines is 1. The van der Waals surface area contributed by atoms with Crippen molar-refractivity contribution in [2.24, 2.45) is 11.8 Å². The van der Waals surface area contributed by atoms with Crippen LogP contribution in [0, 0.1) is 18.8 Å². The van der Waals surface area contributed by atoms with E-state index in [4.69, 9.17) is 16.3 Å². The number of hydrogen-bond donors (Lipinski definition) is 2. The highest BCUT2D eigenvalue weighted by Gasteiger charge is 2.73. The molecule has 3 fully saturated rings. The molecule has 1 aromatic carbocycles. The lowest BCUT2D eigenvalue weighted by atomic mass is 9.74. The van der Waals surface area contributed by atoms with E-state index in [0.29, 0.717) is 10.7 Å². The molecular weight excluding hydrogens is 466 g/mol. The second-order valence-electron chi connectivity index (χ2n) is 11.4. The number of nitrogens with zero attached hydrogens (tertiary/aromatic N) is 1. The molecule has 0 unspecified atom stereocenters. The number of halogens is 1. The number of fused-ring (bicyclic) bond motifs is 1. The van der Waals surface area contributed by atoms with Crippen molar-refractivity contribution in [2.75, 3.05) is 5.32 Å². The summed E-state index contributed by atoms with van der Waals surface area (Å²) in [5.74, 6) is -2.21. The maximum Gasteiger partial charge on any atom is 0.246 e. The molecule has 1 aliphatic carbocycles. The monoisotopic (exact) mass is 499 g/mol. The van der Waals surface area contributed by atoms with E-state index in [1.54, 1.807) is 17.0 Å². The standard InChI is InChI=1S/C27H34ClN3O4/c1-15-10-11-17(14-18(15)28)30-23(32)20-19-12-13-27(35-19)21(20)25(34)31(26(2,3)4)22(27)24(33)29-16-8-6-5-7-9-16/h10-14,16,19-22H,5-9H2,1-4H3,(H,29,33)(H,30,32)/t19-,20+,21-,22-,27-/m1/s1. The maximum absolute atomic E-state index is 13.9. The Balaban J connectivity index is 1.46. The lowest BCUT2D eigenvalue weighted by molar-refractivity contribution is -0.146. The second-order valence-corrected chi connectivity index (χ2v) is 11.8. The number of ether oxygens (including phenoxy) is 1. The van der Waals surface area contributed by atoms with E-state index in [1.807, 2.05) is 45.9 Å². The Hall–Kier alpha value is -2.38. The molecule has 3 aliphatic heterocycles. The second kappa shape index (κ2) is 8.63. The predicted molar refractivity (Wildman–Crippen MR) is 134 cm³/mol. The van der Waals surface area contributed by atoms with Gasteiger partial charge in [0.15, 0.2) is 0 Å². The number of rotatable bonds is 4. The Labute approximate surface area is 211 Å². The lowest BCUT2D eigenvalue weighted by Crippen LogP contribution is -2.60. The molecule has 35 heavy (non-hydrogen) atoms. The number of carbonyl (C=O) groups excluding carboxylic acids is 3. The summed E-state index contributed by atoms with van der Waals surface area (Å²) in [5, 5.41) is 6.68. The smallest absolute Gasteiger partial charge is 0.246 e. The summed E-state index contributed by atoms with van der Waals surface area (Å²) < 4.78 is 6.40. The van der Waals surface area contributed by atoms with E-state index >= 15 is 0 Å². The molecule has 1 aromatic rings. The van der Waals surface area contributed by atoms with E-state index in [0.717, 1.165) is 31.2 Å². The highest BCUT2D eigenvalue weighted by atomic mass is 35.5. The molecule has 2 bridgehead atoms. The molecule has 1 saturated carbocycles. The van der Waals surface area contributed by atoms with Crippen molar-refractivity contribution in [3.05, 3.63) is 40.9 Å². The maximum atomic E-state index is 13.9. The minimum absolute atomic E-state index is 0.108. The topological polar surface area (TPSA) is 87.7 Å². The molecule has 5 atom stereocenters. The third kappa shape index (κ3) is 3.97. The van der Waals surface area contributed by atoms with Crippen molar-refractivity contribution < 1.29 is 19.1 Å². The molecule has 2 N–H and O–H groups in total. The van der Waals surface area contributed by atoms with Crippen LogP contribution in [0.25, 0.3) is 0 Å². The van der Waals surface area contributed by atoms with E-state index in [1.165, 1.54) is 6.42 Å². The van der Waals surface area contributed by atoms with Crippen LogP contribution in [0.2, 0.25) is 5.02 Å². The molecule has 4 aliphatic rings. The molecule has 3 amide bonds. The molecule has 2 saturated heterocycles. The Kier molecular flexibility index (Phi) is 5.99. The first kappa shape index (κ1) is 24.3. The van der Waals surface area contributed by atoms with Gasteiger partial charge in [-0.2, -0.15) is 0 Å². The Morgan fingerprint density at radius 1 is 1.14 bits per heavy atom. The lowest BCUT2D eigenvalue weighted by Gasteiger charge is -2.40. The first-order valence-electron chi connectivity index (χ1n) is 12.6. The van der Waals surface area contributed by atoms with Gasteiger partial charge in [-0.05, 0) is 58.2 Å². The molecule has 188 valence electrons. The van der Waals surface area contributed by atoms with E-state index in [9.17, 15) is 14.4 Å². The molecule has 0 radical (unpaired) electrons. The molecule has 1 spiro atoms. The van der Waals surface area contributed by atoms with Crippen molar-refractivity contribution >= 4 is 35.0 Å². The van der Waals surface area contributed by atoms with Crippen LogP contribution in [0.4, 0.5) is 5.69 Å². The minimum Gasteiger partial charge on any atom is -0.359 e. The van der Waals surface area contributed by atoms with Gasteiger partial charge < -0.3 is 20.3 Å². The summed E-state index contributed by atoms with van der Waals surface area (Å²) in [5.41, 5.74) is -0.295. The first-order valence-corrected chi connectivity index (χ1v) is 13.0. The fraction of sp³-hybridized carbons (Fsp3) is 0.593. The van der Waals surface area contributed by atoms with Gasteiger partial charge in [-0.15, -0.1) is 0 Å². The minimum atomic E-state index is -1.15. The zero-order chi connectivity index (χ0) is 25.1. The summed E-state index contributed by atoms with van der Waals surface area (Å²) in [4.78, 5) is 42.8. The van der Waals surface area contributed by atoms with Gasteiger partial charge in [-0.3, -0.25) is 14.4 Å². The summed E-state index contributed by atoms with van der Waals surface area (Å²) in [6.07, 6.45) is 8.39. The van der Waals surface area contributed by atoms with Crippen LogP contribution in [0.5, 0.6) is 0 Å². The Bertz CT molecular complexity index is 1090. The average Bonchev–Trinajstić information content (AvgIpc) is 3.44. The molecule has 5 rings (SSSR count). The van der Waals surface area contributed by atoms with Crippen LogP contribution >= 0.6 is 11.6 Å². The molecule has 0 aromatic heterocycles. The molecule has 8 heteroatoms. The average molecular weight is 500 g/mol. The summed E-state index contributed by atoms with van der Waals surface area (Å²) >= 11 is 6.24. The van der Waals surface area contributed by atoms with Gasteiger partial charge in [0.25, 0.3) is 0 Å². The van der Waals surface area contributed by atoms with Crippen LogP contribution < -0.4 is 10.6 Å². The molecule has 7 nitrogen and oxygen atoms in total. The van der Waals surface area contributed by atoms with Crippen molar-refractivity contribution in [3.63, 3.8) is 0 Å². The number of hydrogen-bond acceptors (Lipinski definition) is 4. The van der Waals surface area contributed by atoms with E-state index < -0.39 is 35.1 Å². The van der Waals surface area contributed by atoms with Gasteiger partial charge in [0.05, 0.1) is 17.9 Å². The number of aryl methyl sites for hydroxylation is 1. The molecular formula is C27H34ClN3O4. The summed E-state index contributed by atoms with van der Waals surface area (Å²) in [7, 11) is 0. The predicted octanol–water partition coefficient (Wildman–Crippen LogP) is 3.98. The number of likely N-dealkylation sites (tertiary alicyclic amines) is 1. The first-order chi connectivity index (χ1) is 16.5.